The molecule has 0 amide bonds. The highest BCUT2D eigenvalue weighted by atomic mass is 35.5. The summed E-state index contributed by atoms with van der Waals surface area (Å²) in [6, 6.07) is 15.5. The molecule has 1 N–H and O–H groups in total. The number of anilines is 2. The lowest BCUT2D eigenvalue weighted by atomic mass is 10.2. The van der Waals surface area contributed by atoms with E-state index >= 15 is 0 Å². The van der Waals surface area contributed by atoms with Crippen LogP contribution in [-0.2, 0) is 0 Å². The van der Waals surface area contributed by atoms with Gasteiger partial charge in [-0.15, -0.1) is 0 Å². The normalized spacial score (nSPS) is 11.2. The molecule has 2 rings (SSSR count). The highest BCUT2D eigenvalue weighted by Gasteiger charge is 2.11. The molecule has 0 saturated heterocycles. The quantitative estimate of drug-likeness (QED) is 0.825. The van der Waals surface area contributed by atoms with Crippen molar-refractivity contribution in [3.8, 4) is 5.75 Å². The van der Waals surface area contributed by atoms with Gasteiger partial charge in [-0.25, -0.2) is 0 Å². The van der Waals surface area contributed by atoms with E-state index in [1.54, 1.807) is 0 Å². The number of halogens is 1. The highest BCUT2D eigenvalue weighted by Crippen LogP contribution is 2.26. The van der Waals surface area contributed by atoms with Crippen LogP contribution in [0.25, 0.3) is 0 Å². The van der Waals surface area contributed by atoms with Gasteiger partial charge in [0.2, 0.25) is 0 Å². The van der Waals surface area contributed by atoms with Gasteiger partial charge in [0.15, 0.2) is 0 Å². The fraction of sp³-hybridized carbons (Fsp3) is 0.250. The molecule has 0 unspecified atom stereocenters. The molecular weight excluding hydrogens is 258 g/mol. The van der Waals surface area contributed by atoms with Crippen molar-refractivity contribution in [3.05, 3.63) is 53.6 Å². The first kappa shape index (κ1) is 13.8. The first-order valence-corrected chi connectivity index (χ1v) is 6.62. The summed E-state index contributed by atoms with van der Waals surface area (Å²) in [5.41, 5.74) is 1.69. The first-order chi connectivity index (χ1) is 8.94. The molecule has 0 aromatic heterocycles. The average molecular weight is 276 g/mol. The zero-order valence-corrected chi connectivity index (χ0v) is 12.2. The van der Waals surface area contributed by atoms with Crippen LogP contribution in [0.5, 0.6) is 5.75 Å². The van der Waals surface area contributed by atoms with Crippen molar-refractivity contribution in [1.29, 1.82) is 0 Å². The Morgan fingerprint density at radius 2 is 1.58 bits per heavy atom. The van der Waals surface area contributed by atoms with E-state index in [1.807, 2.05) is 69.3 Å². The number of benzene rings is 2. The fourth-order valence-electron chi connectivity index (χ4n) is 1.68. The summed E-state index contributed by atoms with van der Waals surface area (Å²) >= 11 is 6.11. The van der Waals surface area contributed by atoms with Gasteiger partial charge in [0.1, 0.15) is 11.4 Å². The molecule has 2 aromatic carbocycles. The second kappa shape index (κ2) is 5.54. The van der Waals surface area contributed by atoms with Crippen LogP contribution in [0.3, 0.4) is 0 Å². The Balaban J connectivity index is 2.09. The molecule has 100 valence electrons. The van der Waals surface area contributed by atoms with Crippen molar-refractivity contribution >= 4 is 23.0 Å². The summed E-state index contributed by atoms with van der Waals surface area (Å²) in [5, 5.41) is 3.98. The minimum atomic E-state index is -0.183. The number of hydrogen-bond acceptors (Lipinski definition) is 2. The molecule has 0 radical (unpaired) electrons. The third kappa shape index (κ3) is 4.18. The lowest BCUT2D eigenvalue weighted by Crippen LogP contribution is -2.22. The minimum Gasteiger partial charge on any atom is -0.488 e. The van der Waals surface area contributed by atoms with Crippen LogP contribution in [0.1, 0.15) is 20.8 Å². The predicted molar refractivity (Wildman–Crippen MR) is 81.6 cm³/mol. The molecule has 2 nitrogen and oxygen atoms in total. The molecule has 3 heteroatoms. The van der Waals surface area contributed by atoms with Crippen LogP contribution in [0.4, 0.5) is 11.4 Å². The summed E-state index contributed by atoms with van der Waals surface area (Å²) < 4.78 is 5.78. The molecule has 0 saturated carbocycles. The van der Waals surface area contributed by atoms with E-state index in [0.717, 1.165) is 17.1 Å². The molecule has 2 aromatic rings. The maximum atomic E-state index is 6.11. The smallest absolute Gasteiger partial charge is 0.120 e. The van der Waals surface area contributed by atoms with Crippen LogP contribution in [-0.4, -0.2) is 5.60 Å². The fourth-order valence-corrected chi connectivity index (χ4v) is 1.86. The Morgan fingerprint density at radius 1 is 0.947 bits per heavy atom. The number of hydrogen-bond donors (Lipinski definition) is 1. The van der Waals surface area contributed by atoms with E-state index < -0.39 is 0 Å². The van der Waals surface area contributed by atoms with Crippen molar-refractivity contribution in [2.45, 2.75) is 26.4 Å². The third-order valence-corrected chi connectivity index (χ3v) is 2.76. The average Bonchev–Trinajstić information content (AvgIpc) is 2.33. The second-order valence-corrected chi connectivity index (χ2v) is 5.75. The largest absolute Gasteiger partial charge is 0.488 e. The summed E-state index contributed by atoms with van der Waals surface area (Å²) in [5.74, 6) is 0.859. The zero-order chi connectivity index (χ0) is 13.9. The molecule has 0 atom stereocenters. The minimum absolute atomic E-state index is 0.183. The molecule has 0 bridgehead atoms. The number of para-hydroxylation sites is 1. The topological polar surface area (TPSA) is 21.3 Å². The van der Waals surface area contributed by atoms with E-state index in [0.29, 0.717) is 5.02 Å². The Kier molecular flexibility index (Phi) is 4.01. The lowest BCUT2D eigenvalue weighted by molar-refractivity contribution is 0.131. The van der Waals surface area contributed by atoms with Gasteiger partial charge < -0.3 is 10.1 Å². The van der Waals surface area contributed by atoms with Gasteiger partial charge in [-0.3, -0.25) is 0 Å². The standard InChI is InChI=1S/C16H18ClNO/c1-16(2,3)19-13-10-8-12(9-11-13)18-15-7-5-4-6-14(15)17/h4-11,18H,1-3H3. The predicted octanol–water partition coefficient (Wildman–Crippen LogP) is 5.26. The summed E-state index contributed by atoms with van der Waals surface area (Å²) in [4.78, 5) is 0. The van der Waals surface area contributed by atoms with E-state index in [-0.39, 0.29) is 5.60 Å². The van der Waals surface area contributed by atoms with Crippen LogP contribution in [0.15, 0.2) is 48.5 Å². The molecule has 0 aliphatic rings. The Hall–Kier alpha value is -1.67. The Morgan fingerprint density at radius 3 is 2.16 bits per heavy atom. The summed E-state index contributed by atoms with van der Waals surface area (Å²) in [6.07, 6.45) is 0. The van der Waals surface area contributed by atoms with Crippen molar-refractivity contribution in [3.63, 3.8) is 0 Å². The van der Waals surface area contributed by atoms with Gasteiger partial charge >= 0.3 is 0 Å². The van der Waals surface area contributed by atoms with Crippen LogP contribution < -0.4 is 10.1 Å². The molecule has 0 heterocycles. The van der Waals surface area contributed by atoms with E-state index in [4.69, 9.17) is 16.3 Å². The van der Waals surface area contributed by atoms with Crippen molar-refractivity contribution in [1.82, 2.24) is 0 Å². The van der Waals surface area contributed by atoms with Gasteiger partial charge in [0.05, 0.1) is 10.7 Å². The van der Waals surface area contributed by atoms with Gasteiger partial charge in [0.25, 0.3) is 0 Å². The van der Waals surface area contributed by atoms with Gasteiger partial charge in [-0.2, -0.15) is 0 Å². The van der Waals surface area contributed by atoms with E-state index in [9.17, 15) is 0 Å². The SMILES string of the molecule is CC(C)(C)Oc1ccc(Nc2ccccc2Cl)cc1. The molecule has 0 fully saturated rings. The van der Waals surface area contributed by atoms with Crippen LogP contribution in [0, 0.1) is 0 Å². The third-order valence-electron chi connectivity index (χ3n) is 2.43. The van der Waals surface area contributed by atoms with Gasteiger partial charge in [-0.05, 0) is 57.2 Å². The van der Waals surface area contributed by atoms with Crippen molar-refractivity contribution in [2.24, 2.45) is 0 Å². The highest BCUT2D eigenvalue weighted by molar-refractivity contribution is 6.33. The van der Waals surface area contributed by atoms with Crippen LogP contribution in [0.2, 0.25) is 5.02 Å². The van der Waals surface area contributed by atoms with E-state index in [2.05, 4.69) is 5.32 Å². The van der Waals surface area contributed by atoms with Crippen molar-refractivity contribution < 1.29 is 4.74 Å². The molecular formula is C16H18ClNO. The van der Waals surface area contributed by atoms with Crippen molar-refractivity contribution in [2.75, 3.05) is 5.32 Å². The lowest BCUT2D eigenvalue weighted by Gasteiger charge is -2.21. The van der Waals surface area contributed by atoms with Gasteiger partial charge in [0, 0.05) is 5.69 Å². The first-order valence-electron chi connectivity index (χ1n) is 6.25. The number of ether oxygens (including phenoxy) is 1. The summed E-state index contributed by atoms with van der Waals surface area (Å²) in [7, 11) is 0. The number of nitrogens with one attached hydrogen (secondary N) is 1. The maximum Gasteiger partial charge on any atom is 0.120 e. The molecule has 0 aliphatic carbocycles. The number of rotatable bonds is 3. The van der Waals surface area contributed by atoms with E-state index in [1.165, 1.54) is 0 Å². The Labute approximate surface area is 119 Å². The maximum absolute atomic E-state index is 6.11. The second-order valence-electron chi connectivity index (χ2n) is 5.34. The molecule has 19 heavy (non-hydrogen) atoms. The van der Waals surface area contributed by atoms with Crippen LogP contribution >= 0.6 is 11.6 Å². The Bertz CT molecular complexity index is 543. The van der Waals surface area contributed by atoms with Gasteiger partial charge in [-0.1, -0.05) is 23.7 Å². The summed E-state index contributed by atoms with van der Waals surface area (Å²) in [6.45, 7) is 6.09. The molecule has 0 spiro atoms. The zero-order valence-electron chi connectivity index (χ0n) is 11.4. The monoisotopic (exact) mass is 275 g/mol. The molecule has 0 aliphatic heterocycles.